The van der Waals surface area contributed by atoms with Gasteiger partial charge in [0, 0.05) is 11.9 Å². The largest absolute Gasteiger partial charge is 0.416 e. The first-order valence-corrected chi connectivity index (χ1v) is 11.2. The molecule has 0 saturated carbocycles. The van der Waals surface area contributed by atoms with E-state index in [0.717, 1.165) is 18.4 Å². The Hall–Kier alpha value is -2.95. The number of rotatable bonds is 5. The summed E-state index contributed by atoms with van der Waals surface area (Å²) in [7, 11) is -3.38. The molecule has 0 saturated heterocycles. The van der Waals surface area contributed by atoms with Gasteiger partial charge in [-0.1, -0.05) is 12.1 Å². The molecule has 2 aromatic carbocycles. The lowest BCUT2D eigenvalue weighted by atomic mass is 10.0. The minimum atomic E-state index is -4.43. The number of halogens is 3. The predicted octanol–water partition coefficient (Wildman–Crippen LogP) is 4.05. The molecule has 0 bridgehead atoms. The molecule has 0 aliphatic heterocycles. The van der Waals surface area contributed by atoms with Crippen LogP contribution in [0, 0.1) is 0 Å². The first-order chi connectivity index (χ1) is 14.3. The van der Waals surface area contributed by atoms with E-state index in [-0.39, 0.29) is 4.90 Å². The molecule has 0 spiro atoms. The number of benzene rings is 2. The topological polar surface area (TPSA) is 89.8 Å². The van der Waals surface area contributed by atoms with Gasteiger partial charge in [-0.3, -0.25) is 0 Å². The molecular weight excluding hydrogens is 431 g/mol. The lowest BCUT2D eigenvalue weighted by molar-refractivity contribution is -0.137. The fraction of sp³-hybridized carbons (Fsp3) is 0.350. The van der Waals surface area contributed by atoms with Crippen molar-refractivity contribution in [2.45, 2.75) is 43.4 Å². The van der Waals surface area contributed by atoms with Crippen molar-refractivity contribution in [2.24, 2.45) is 0 Å². The first kappa shape index (κ1) is 22.7. The fourth-order valence-electron chi connectivity index (χ4n) is 2.98. The summed E-state index contributed by atoms with van der Waals surface area (Å²) < 4.78 is 63.9. The maximum Gasteiger partial charge on any atom is 0.416 e. The van der Waals surface area contributed by atoms with Crippen LogP contribution < -0.4 is 5.32 Å². The molecule has 0 radical (unpaired) electrons. The Kier molecular flexibility index (Phi) is 5.83. The summed E-state index contributed by atoms with van der Waals surface area (Å²) in [4.78, 5) is 0.153. The highest BCUT2D eigenvalue weighted by Gasteiger charge is 2.31. The van der Waals surface area contributed by atoms with Crippen LogP contribution in [0.5, 0.6) is 0 Å². The maximum absolute atomic E-state index is 12.9. The molecule has 0 aliphatic carbocycles. The Morgan fingerprint density at radius 3 is 2.03 bits per heavy atom. The summed E-state index contributed by atoms with van der Waals surface area (Å²) in [6, 6.07) is 10.2. The maximum atomic E-state index is 12.9. The summed E-state index contributed by atoms with van der Waals surface area (Å²) in [6.45, 7) is 5.73. The van der Waals surface area contributed by atoms with Crippen molar-refractivity contribution in [2.75, 3.05) is 11.6 Å². The van der Waals surface area contributed by atoms with Crippen molar-refractivity contribution in [3.05, 3.63) is 65.5 Å². The Balaban J connectivity index is 2.04. The zero-order valence-electron chi connectivity index (χ0n) is 17.3. The summed E-state index contributed by atoms with van der Waals surface area (Å²) in [5.41, 5.74) is -0.154. The van der Waals surface area contributed by atoms with Gasteiger partial charge in [0.1, 0.15) is 6.04 Å². The Bertz CT molecular complexity index is 1150. The molecule has 0 aliphatic rings. The minimum Gasteiger partial charge on any atom is -0.371 e. The van der Waals surface area contributed by atoms with Gasteiger partial charge in [-0.2, -0.15) is 13.2 Å². The van der Waals surface area contributed by atoms with Gasteiger partial charge in [0.2, 0.25) is 0 Å². The predicted molar refractivity (Wildman–Crippen MR) is 109 cm³/mol. The minimum absolute atomic E-state index is 0.153. The molecule has 1 heterocycles. The second-order valence-electron chi connectivity index (χ2n) is 8.11. The molecule has 0 fully saturated rings. The van der Waals surface area contributed by atoms with E-state index in [0.29, 0.717) is 17.1 Å². The average molecular weight is 453 g/mol. The molecule has 3 aromatic rings. The van der Waals surface area contributed by atoms with E-state index in [1.54, 1.807) is 16.8 Å². The summed E-state index contributed by atoms with van der Waals surface area (Å²) in [5.74, 6) is 0.430. The van der Waals surface area contributed by atoms with Crippen molar-refractivity contribution in [3.8, 4) is 0 Å². The number of nitrogens with zero attached hydrogens (tertiary/aromatic N) is 4. The van der Waals surface area contributed by atoms with E-state index in [4.69, 9.17) is 0 Å². The number of aromatic nitrogens is 4. The molecule has 1 aromatic heterocycles. The number of hydrogen-bond acceptors (Lipinski definition) is 6. The van der Waals surface area contributed by atoms with Crippen LogP contribution in [0.25, 0.3) is 0 Å². The number of alkyl halides is 3. The first-order valence-electron chi connectivity index (χ1n) is 9.29. The van der Waals surface area contributed by atoms with Gasteiger partial charge in [0.15, 0.2) is 15.7 Å². The lowest BCUT2D eigenvalue weighted by Gasteiger charge is -2.25. The number of hydrogen-bond donors (Lipinski definition) is 1. The van der Waals surface area contributed by atoms with Crippen LogP contribution in [-0.2, 0) is 21.6 Å². The van der Waals surface area contributed by atoms with E-state index < -0.39 is 33.2 Å². The Labute approximate surface area is 178 Å². The number of sulfone groups is 1. The third-order valence-electron chi connectivity index (χ3n) is 4.55. The second kappa shape index (κ2) is 7.95. The highest BCUT2D eigenvalue weighted by Crippen LogP contribution is 2.32. The van der Waals surface area contributed by atoms with Crippen molar-refractivity contribution in [3.63, 3.8) is 0 Å². The van der Waals surface area contributed by atoms with E-state index in [1.165, 1.54) is 24.3 Å². The Morgan fingerprint density at radius 2 is 1.55 bits per heavy atom. The summed E-state index contributed by atoms with van der Waals surface area (Å²) in [5, 5.41) is 15.1. The monoisotopic (exact) mass is 453 g/mol. The third kappa shape index (κ3) is 5.22. The highest BCUT2D eigenvalue weighted by molar-refractivity contribution is 7.90. The second-order valence-corrected chi connectivity index (χ2v) is 10.1. The van der Waals surface area contributed by atoms with E-state index in [1.807, 2.05) is 20.8 Å². The van der Waals surface area contributed by atoms with Crippen LogP contribution in [0.4, 0.5) is 18.9 Å². The van der Waals surface area contributed by atoms with Gasteiger partial charge >= 0.3 is 6.18 Å². The van der Waals surface area contributed by atoms with Gasteiger partial charge in [0.05, 0.1) is 16.0 Å². The van der Waals surface area contributed by atoms with Crippen molar-refractivity contribution in [1.82, 2.24) is 20.2 Å². The molecule has 11 heteroatoms. The molecule has 0 unspecified atom stereocenters. The van der Waals surface area contributed by atoms with Gasteiger partial charge in [-0.15, -0.1) is 5.10 Å². The average Bonchev–Trinajstić information content (AvgIpc) is 3.15. The fourth-order valence-corrected chi connectivity index (χ4v) is 3.61. The molecule has 1 atom stereocenters. The number of anilines is 1. The van der Waals surface area contributed by atoms with Crippen LogP contribution in [0.1, 0.15) is 43.8 Å². The zero-order valence-corrected chi connectivity index (χ0v) is 18.2. The Morgan fingerprint density at radius 1 is 0.968 bits per heavy atom. The molecule has 166 valence electrons. The molecule has 0 amide bonds. The van der Waals surface area contributed by atoms with E-state index in [9.17, 15) is 21.6 Å². The zero-order chi connectivity index (χ0) is 23.0. The van der Waals surface area contributed by atoms with Crippen LogP contribution in [-0.4, -0.2) is 34.9 Å². The van der Waals surface area contributed by atoms with Crippen LogP contribution in [0.15, 0.2) is 53.4 Å². The smallest absolute Gasteiger partial charge is 0.371 e. The van der Waals surface area contributed by atoms with Gasteiger partial charge in [0.25, 0.3) is 0 Å². The molecule has 7 nitrogen and oxygen atoms in total. The SMILES string of the molecule is CC(C)(C)n1nnnc1[C@H](Nc1ccc(C(F)(F)F)cc1)c1ccc(S(C)(=O)=O)cc1. The van der Waals surface area contributed by atoms with Gasteiger partial charge < -0.3 is 5.32 Å². The van der Waals surface area contributed by atoms with Crippen molar-refractivity contribution in [1.29, 1.82) is 0 Å². The van der Waals surface area contributed by atoms with Gasteiger partial charge in [-0.05, 0) is 73.2 Å². The highest BCUT2D eigenvalue weighted by atomic mass is 32.2. The normalized spacial score (nSPS) is 13.8. The van der Waals surface area contributed by atoms with Crippen LogP contribution in [0.3, 0.4) is 0 Å². The third-order valence-corrected chi connectivity index (χ3v) is 5.68. The molecule has 31 heavy (non-hydrogen) atoms. The van der Waals surface area contributed by atoms with Crippen LogP contribution in [0.2, 0.25) is 0 Å². The van der Waals surface area contributed by atoms with E-state index >= 15 is 0 Å². The molecule has 1 N–H and O–H groups in total. The number of nitrogens with one attached hydrogen (secondary N) is 1. The standard InChI is InChI=1S/C20H22F3N5O2S/c1-19(2,3)28-18(25-26-27-28)17(13-5-11-16(12-6-13)31(4,29)30)24-15-9-7-14(8-10-15)20(21,22)23/h5-12,17,24H,1-4H3/t17-/m1/s1. The van der Waals surface area contributed by atoms with E-state index in [2.05, 4.69) is 20.8 Å². The lowest BCUT2D eigenvalue weighted by Crippen LogP contribution is -2.29. The van der Waals surface area contributed by atoms with Gasteiger partial charge in [-0.25, -0.2) is 13.1 Å². The summed E-state index contributed by atoms with van der Waals surface area (Å²) in [6.07, 6.45) is -3.32. The molecular formula is C20H22F3N5O2S. The van der Waals surface area contributed by atoms with Crippen molar-refractivity contribution >= 4 is 15.5 Å². The molecule has 3 rings (SSSR count). The van der Waals surface area contributed by atoms with Crippen molar-refractivity contribution < 1.29 is 21.6 Å². The quantitative estimate of drug-likeness (QED) is 0.627. The van der Waals surface area contributed by atoms with Crippen LogP contribution >= 0.6 is 0 Å². The summed E-state index contributed by atoms with van der Waals surface area (Å²) >= 11 is 0. The number of tetrazole rings is 1.